The zero-order valence-electron chi connectivity index (χ0n) is 10.2. The van der Waals surface area contributed by atoms with E-state index in [0.29, 0.717) is 0 Å². The Bertz CT molecular complexity index is 261. The molecule has 1 rings (SSSR count). The average molecular weight is 215 g/mol. The van der Waals surface area contributed by atoms with Gasteiger partial charge in [-0.1, -0.05) is 13.8 Å². The molecule has 1 atom stereocenters. The summed E-state index contributed by atoms with van der Waals surface area (Å²) in [6.07, 6.45) is -0.631. The van der Waals surface area contributed by atoms with Crippen molar-refractivity contribution in [2.24, 2.45) is 5.41 Å². The van der Waals surface area contributed by atoms with Crippen LogP contribution in [0.4, 0.5) is 4.79 Å². The second-order valence-electron chi connectivity index (χ2n) is 5.36. The molecule has 1 fully saturated rings. The molecule has 0 bridgehead atoms. The summed E-state index contributed by atoms with van der Waals surface area (Å²) >= 11 is 0. The summed E-state index contributed by atoms with van der Waals surface area (Å²) in [4.78, 5) is 12.9. The molecule has 4 nitrogen and oxygen atoms in total. The van der Waals surface area contributed by atoms with Crippen molar-refractivity contribution in [2.45, 2.75) is 45.8 Å². The van der Waals surface area contributed by atoms with Gasteiger partial charge in [-0.15, -0.1) is 0 Å². The Balaban J connectivity index is 2.90. The van der Waals surface area contributed by atoms with E-state index in [1.54, 1.807) is 0 Å². The molecule has 1 N–H and O–H groups in total. The normalized spacial score (nSPS) is 29.8. The van der Waals surface area contributed by atoms with Crippen LogP contribution in [-0.4, -0.2) is 41.4 Å². The van der Waals surface area contributed by atoms with Crippen molar-refractivity contribution in [1.82, 2.24) is 4.90 Å². The molecule has 0 radical (unpaired) electrons. The van der Waals surface area contributed by atoms with Gasteiger partial charge in [-0.25, -0.2) is 4.79 Å². The largest absolute Gasteiger partial charge is 0.506 e. The Morgan fingerprint density at radius 1 is 1.40 bits per heavy atom. The third-order valence-corrected chi connectivity index (χ3v) is 4.31. The van der Waals surface area contributed by atoms with Crippen LogP contribution >= 0.6 is 0 Å². The van der Waals surface area contributed by atoms with E-state index in [1.165, 1.54) is 0 Å². The van der Waals surface area contributed by atoms with E-state index in [1.807, 2.05) is 0 Å². The van der Waals surface area contributed by atoms with Gasteiger partial charge in [0.2, 0.25) is 0 Å². The summed E-state index contributed by atoms with van der Waals surface area (Å²) < 4.78 is 4.98. The van der Waals surface area contributed by atoms with Crippen molar-refractivity contribution in [1.29, 1.82) is 0 Å². The van der Waals surface area contributed by atoms with E-state index in [0.717, 1.165) is 13.0 Å². The number of hydrogen-bond donors (Lipinski definition) is 1. The van der Waals surface area contributed by atoms with Crippen molar-refractivity contribution >= 4 is 6.16 Å². The Morgan fingerprint density at radius 3 is 2.40 bits per heavy atom. The lowest BCUT2D eigenvalue weighted by Crippen LogP contribution is -2.62. The maximum Gasteiger partial charge on any atom is 0.506 e. The topological polar surface area (TPSA) is 49.8 Å². The maximum absolute atomic E-state index is 10.6. The molecule has 0 amide bonds. The summed E-state index contributed by atoms with van der Waals surface area (Å²) in [6, 6.07) is 0. The zero-order chi connectivity index (χ0) is 11.9. The summed E-state index contributed by atoms with van der Waals surface area (Å²) in [7, 11) is 2.07. The van der Waals surface area contributed by atoms with Gasteiger partial charge >= 0.3 is 6.16 Å². The van der Waals surface area contributed by atoms with Gasteiger partial charge in [-0.3, -0.25) is 0 Å². The lowest BCUT2D eigenvalue weighted by Gasteiger charge is -2.54. The van der Waals surface area contributed by atoms with Gasteiger partial charge in [0.1, 0.15) is 6.10 Å². The Kier molecular flexibility index (Phi) is 3.01. The number of piperidine rings is 1. The van der Waals surface area contributed by atoms with Crippen molar-refractivity contribution in [3.05, 3.63) is 0 Å². The summed E-state index contributed by atoms with van der Waals surface area (Å²) in [5.41, 5.74) is -0.246. The average Bonchev–Trinajstić information content (AvgIpc) is 2.08. The van der Waals surface area contributed by atoms with Crippen LogP contribution in [-0.2, 0) is 4.74 Å². The molecule has 0 aromatic heterocycles. The van der Waals surface area contributed by atoms with E-state index in [4.69, 9.17) is 9.84 Å². The first kappa shape index (κ1) is 12.3. The molecule has 0 aliphatic carbocycles. The van der Waals surface area contributed by atoms with Gasteiger partial charge in [0, 0.05) is 17.5 Å². The highest BCUT2D eigenvalue weighted by Gasteiger charge is 2.50. The first-order valence-corrected chi connectivity index (χ1v) is 5.30. The van der Waals surface area contributed by atoms with E-state index in [-0.39, 0.29) is 17.1 Å². The number of ether oxygens (including phenoxy) is 1. The van der Waals surface area contributed by atoms with Gasteiger partial charge in [0.15, 0.2) is 0 Å². The first-order valence-electron chi connectivity index (χ1n) is 5.30. The summed E-state index contributed by atoms with van der Waals surface area (Å²) in [6.45, 7) is 9.26. The third kappa shape index (κ3) is 1.95. The highest BCUT2D eigenvalue weighted by Crippen LogP contribution is 2.44. The quantitative estimate of drug-likeness (QED) is 0.681. The monoisotopic (exact) mass is 215 g/mol. The minimum absolute atomic E-state index is 0.0641. The van der Waals surface area contributed by atoms with Gasteiger partial charge in [0.05, 0.1) is 0 Å². The van der Waals surface area contributed by atoms with Crippen molar-refractivity contribution < 1.29 is 14.6 Å². The lowest BCUT2D eigenvalue weighted by atomic mass is 9.66. The molecule has 15 heavy (non-hydrogen) atoms. The first-order chi connectivity index (χ1) is 6.69. The minimum Gasteiger partial charge on any atom is -0.450 e. The van der Waals surface area contributed by atoms with E-state index in [9.17, 15) is 4.79 Å². The van der Waals surface area contributed by atoms with Crippen molar-refractivity contribution in [2.75, 3.05) is 13.6 Å². The van der Waals surface area contributed by atoms with Crippen LogP contribution < -0.4 is 0 Å². The molecular weight excluding hydrogens is 194 g/mol. The van der Waals surface area contributed by atoms with Crippen molar-refractivity contribution in [3.8, 4) is 0 Å². The number of carboxylic acid groups (broad SMARTS) is 1. The number of nitrogens with zero attached hydrogens (tertiary/aromatic N) is 1. The molecule has 1 saturated heterocycles. The molecule has 1 aliphatic rings. The molecule has 0 saturated carbocycles. The highest BCUT2D eigenvalue weighted by atomic mass is 16.7. The lowest BCUT2D eigenvalue weighted by molar-refractivity contribution is -0.114. The number of rotatable bonds is 1. The van der Waals surface area contributed by atoms with Gasteiger partial charge in [-0.2, -0.15) is 0 Å². The van der Waals surface area contributed by atoms with Crippen LogP contribution in [0.2, 0.25) is 0 Å². The molecule has 1 unspecified atom stereocenters. The molecule has 0 spiro atoms. The fourth-order valence-electron chi connectivity index (χ4n) is 2.17. The van der Waals surface area contributed by atoms with E-state index < -0.39 is 6.16 Å². The smallest absolute Gasteiger partial charge is 0.450 e. The summed E-state index contributed by atoms with van der Waals surface area (Å²) in [5, 5.41) is 8.70. The minimum atomic E-state index is -1.17. The highest BCUT2D eigenvalue weighted by molar-refractivity contribution is 5.57. The van der Waals surface area contributed by atoms with Crippen LogP contribution in [0.15, 0.2) is 0 Å². The molecule has 88 valence electrons. The Hall–Kier alpha value is -0.770. The Morgan fingerprint density at radius 2 is 1.93 bits per heavy atom. The Labute approximate surface area is 91.2 Å². The third-order valence-electron chi connectivity index (χ3n) is 4.31. The van der Waals surface area contributed by atoms with Gasteiger partial charge in [-0.05, 0) is 27.3 Å². The van der Waals surface area contributed by atoms with E-state index >= 15 is 0 Å². The van der Waals surface area contributed by atoms with Gasteiger partial charge < -0.3 is 14.7 Å². The standard InChI is InChI=1S/C11H21NO3/c1-10(2)8(15-9(13)14)6-7-12(5)11(10,3)4/h8H,6-7H2,1-5H3,(H,13,14). The predicted octanol–water partition coefficient (Wildman–Crippen LogP) is 2.19. The van der Waals surface area contributed by atoms with Gasteiger partial charge in [0.25, 0.3) is 0 Å². The fraction of sp³-hybridized carbons (Fsp3) is 0.909. The van der Waals surface area contributed by atoms with Crippen LogP contribution in [0.5, 0.6) is 0 Å². The molecule has 1 heterocycles. The second-order valence-corrected chi connectivity index (χ2v) is 5.36. The molecule has 0 aromatic carbocycles. The van der Waals surface area contributed by atoms with E-state index in [2.05, 4.69) is 39.6 Å². The maximum atomic E-state index is 10.6. The number of hydrogen-bond acceptors (Lipinski definition) is 3. The molecule has 4 heteroatoms. The van der Waals surface area contributed by atoms with Crippen LogP contribution in [0.3, 0.4) is 0 Å². The van der Waals surface area contributed by atoms with Crippen LogP contribution in [0.25, 0.3) is 0 Å². The summed E-state index contributed by atoms with van der Waals surface area (Å²) in [5.74, 6) is 0. The molecular formula is C11H21NO3. The van der Waals surface area contributed by atoms with Crippen molar-refractivity contribution in [3.63, 3.8) is 0 Å². The zero-order valence-corrected chi connectivity index (χ0v) is 10.2. The fourth-order valence-corrected chi connectivity index (χ4v) is 2.17. The second kappa shape index (κ2) is 3.67. The molecule has 1 aliphatic heterocycles. The molecule has 0 aromatic rings. The van der Waals surface area contributed by atoms with Crippen LogP contribution in [0.1, 0.15) is 34.1 Å². The predicted molar refractivity (Wildman–Crippen MR) is 58.0 cm³/mol. The number of likely N-dealkylation sites (tertiary alicyclic amines) is 1. The SMILES string of the molecule is CN1CCC(OC(=O)O)C(C)(C)C1(C)C. The van der Waals surface area contributed by atoms with Crippen LogP contribution in [0, 0.1) is 5.41 Å². The number of carbonyl (C=O) groups is 1.